The third-order valence-electron chi connectivity index (χ3n) is 3.07. The highest BCUT2D eigenvalue weighted by molar-refractivity contribution is 7.87. The zero-order valence-electron chi connectivity index (χ0n) is 16.0. The molecule has 4 N–H and O–H groups in total. The van der Waals surface area contributed by atoms with Crippen LogP contribution < -0.4 is 25.1 Å². The van der Waals surface area contributed by atoms with E-state index in [9.17, 15) is 8.42 Å². The van der Waals surface area contributed by atoms with Crippen molar-refractivity contribution in [1.82, 2.24) is 0 Å². The number of benzene rings is 2. The van der Waals surface area contributed by atoms with E-state index in [1.54, 1.807) is 30.3 Å². The highest BCUT2D eigenvalue weighted by Gasteiger charge is 2.21. The van der Waals surface area contributed by atoms with E-state index in [1.807, 2.05) is 19.9 Å². The van der Waals surface area contributed by atoms with E-state index in [1.165, 1.54) is 13.2 Å². The van der Waals surface area contributed by atoms with Crippen LogP contribution in [0.25, 0.3) is 0 Å². The van der Waals surface area contributed by atoms with E-state index in [0.717, 1.165) is 5.56 Å². The van der Waals surface area contributed by atoms with Crippen LogP contribution >= 0.6 is 0 Å². The number of nitrogens with two attached hydrogens (primary N) is 2. The molecule has 0 radical (unpaired) electrons. The minimum Gasteiger partial charge on any atom is -0.495 e. The van der Waals surface area contributed by atoms with Crippen LogP contribution in [0, 0.1) is 6.92 Å². The molecule has 0 aliphatic heterocycles. The fourth-order valence-corrected chi connectivity index (χ4v) is 3.17. The summed E-state index contributed by atoms with van der Waals surface area (Å²) in [5.41, 5.74) is 10.4. The maximum atomic E-state index is 12.4. The number of nitrogens with zero attached hydrogens (tertiary/aromatic N) is 2. The van der Waals surface area contributed by atoms with Crippen molar-refractivity contribution in [2.24, 2.45) is 21.7 Å². The number of guanidine groups is 1. The smallest absolute Gasteiger partial charge is 0.342 e. The Labute approximate surface area is 164 Å². The highest BCUT2D eigenvalue weighted by Crippen LogP contribution is 2.29. The standard InChI is InChI=1S/C16H18O5S.C2H6N4/c1-4-20-13-9-12(2)10-14(11-13)21-22(17,18)16-8-6-5-7-15(16)19-3;1-5-6-2(3)4/h5-11H,4H2,1-3H3;1H2,(H4,3,4,6). The predicted octanol–water partition coefficient (Wildman–Crippen LogP) is 2.05. The van der Waals surface area contributed by atoms with Crippen molar-refractivity contribution in [1.29, 1.82) is 0 Å². The van der Waals surface area contributed by atoms with Crippen molar-refractivity contribution >= 4 is 22.8 Å². The van der Waals surface area contributed by atoms with Crippen molar-refractivity contribution in [2.45, 2.75) is 18.7 Å². The van der Waals surface area contributed by atoms with Gasteiger partial charge in [-0.2, -0.15) is 13.5 Å². The number of aryl methyl sites for hydroxylation is 1. The van der Waals surface area contributed by atoms with Crippen LogP contribution in [0.2, 0.25) is 0 Å². The lowest BCUT2D eigenvalue weighted by atomic mass is 10.2. The summed E-state index contributed by atoms with van der Waals surface area (Å²) in [7, 11) is -2.57. The van der Waals surface area contributed by atoms with Gasteiger partial charge in [0.15, 0.2) is 0 Å². The molecule has 2 aromatic rings. The van der Waals surface area contributed by atoms with Crippen molar-refractivity contribution in [3.63, 3.8) is 0 Å². The molecule has 0 aliphatic carbocycles. The Morgan fingerprint density at radius 1 is 1.14 bits per heavy atom. The van der Waals surface area contributed by atoms with Gasteiger partial charge in [-0.05, 0) is 43.7 Å². The second-order valence-corrected chi connectivity index (χ2v) is 6.78. The fraction of sp³-hybridized carbons (Fsp3) is 0.222. The van der Waals surface area contributed by atoms with E-state index in [0.29, 0.717) is 12.4 Å². The number of methoxy groups -OCH3 is 1. The van der Waals surface area contributed by atoms with Crippen LogP contribution in [0.4, 0.5) is 0 Å². The molecule has 0 heterocycles. The molecular weight excluding hydrogens is 384 g/mol. The quantitative estimate of drug-likeness (QED) is 0.309. The molecule has 0 spiro atoms. The number of para-hydroxylation sites is 1. The zero-order valence-corrected chi connectivity index (χ0v) is 16.8. The van der Waals surface area contributed by atoms with Crippen molar-refractivity contribution in [3.8, 4) is 17.2 Å². The number of ether oxygens (including phenoxy) is 2. The van der Waals surface area contributed by atoms with Gasteiger partial charge >= 0.3 is 10.1 Å². The van der Waals surface area contributed by atoms with Gasteiger partial charge in [-0.15, -0.1) is 5.10 Å². The molecule has 0 bridgehead atoms. The van der Waals surface area contributed by atoms with Gasteiger partial charge in [0, 0.05) is 12.8 Å². The SMILES string of the molecule is C=NN=C(N)N.CCOc1cc(C)cc(OS(=O)(=O)c2ccccc2OC)c1. The Bertz CT molecular complexity index is 925. The summed E-state index contributed by atoms with van der Waals surface area (Å²) < 4.78 is 40.5. The highest BCUT2D eigenvalue weighted by atomic mass is 32.2. The third kappa shape index (κ3) is 7.16. The average Bonchev–Trinajstić information content (AvgIpc) is 2.61. The Morgan fingerprint density at radius 3 is 2.32 bits per heavy atom. The lowest BCUT2D eigenvalue weighted by Crippen LogP contribution is -2.21. The van der Waals surface area contributed by atoms with Crippen molar-refractivity contribution in [2.75, 3.05) is 13.7 Å². The molecule has 28 heavy (non-hydrogen) atoms. The first-order chi connectivity index (χ1) is 13.2. The molecule has 0 amide bonds. The van der Waals surface area contributed by atoms with E-state index < -0.39 is 10.1 Å². The Hall–Kier alpha value is -3.27. The summed E-state index contributed by atoms with van der Waals surface area (Å²) in [5, 5.41) is 6.13. The number of hydrogen-bond donors (Lipinski definition) is 2. The summed E-state index contributed by atoms with van der Waals surface area (Å²) >= 11 is 0. The van der Waals surface area contributed by atoms with Gasteiger partial charge in [0.25, 0.3) is 0 Å². The minimum atomic E-state index is -3.99. The Kier molecular flexibility index (Phi) is 8.76. The van der Waals surface area contributed by atoms with Crippen LogP contribution in [-0.2, 0) is 10.1 Å². The molecule has 0 aromatic heterocycles. The van der Waals surface area contributed by atoms with Crippen molar-refractivity contribution in [3.05, 3.63) is 48.0 Å². The van der Waals surface area contributed by atoms with Crippen LogP contribution in [-0.4, -0.2) is 34.8 Å². The Balaban J connectivity index is 0.000000568. The maximum absolute atomic E-state index is 12.4. The molecule has 0 saturated carbocycles. The molecule has 0 fully saturated rings. The normalized spacial score (nSPS) is 10.1. The van der Waals surface area contributed by atoms with E-state index in [4.69, 9.17) is 25.1 Å². The van der Waals surface area contributed by atoms with Gasteiger partial charge < -0.3 is 25.1 Å². The number of rotatable bonds is 7. The zero-order chi connectivity index (χ0) is 21.2. The van der Waals surface area contributed by atoms with Gasteiger partial charge in [-0.3, -0.25) is 0 Å². The largest absolute Gasteiger partial charge is 0.495 e. The molecule has 152 valence electrons. The first kappa shape index (κ1) is 22.8. The molecule has 2 aromatic carbocycles. The average molecular weight is 408 g/mol. The first-order valence-electron chi connectivity index (χ1n) is 8.10. The van der Waals surface area contributed by atoms with Crippen LogP contribution in [0.1, 0.15) is 12.5 Å². The summed E-state index contributed by atoms with van der Waals surface area (Å²) in [4.78, 5) is -0.0167. The molecule has 0 saturated heterocycles. The van der Waals surface area contributed by atoms with Crippen LogP contribution in [0.15, 0.2) is 57.6 Å². The predicted molar refractivity (Wildman–Crippen MR) is 109 cm³/mol. The van der Waals surface area contributed by atoms with Gasteiger partial charge in [0.05, 0.1) is 13.7 Å². The second kappa shape index (κ2) is 10.8. The van der Waals surface area contributed by atoms with Gasteiger partial charge in [-0.25, -0.2) is 0 Å². The first-order valence-corrected chi connectivity index (χ1v) is 9.51. The van der Waals surface area contributed by atoms with Crippen LogP contribution in [0.5, 0.6) is 17.2 Å². The maximum Gasteiger partial charge on any atom is 0.342 e. The summed E-state index contributed by atoms with van der Waals surface area (Å²) in [6, 6.07) is 11.3. The third-order valence-corrected chi connectivity index (χ3v) is 4.35. The Morgan fingerprint density at radius 2 is 1.79 bits per heavy atom. The molecule has 0 unspecified atom stereocenters. The van der Waals surface area contributed by atoms with Crippen molar-refractivity contribution < 1.29 is 22.1 Å². The molecule has 10 heteroatoms. The lowest BCUT2D eigenvalue weighted by Gasteiger charge is -2.12. The van der Waals surface area contributed by atoms with Gasteiger partial charge in [-0.1, -0.05) is 12.1 Å². The van der Waals surface area contributed by atoms with Gasteiger partial charge in [0.1, 0.15) is 22.1 Å². The number of hydrogen-bond acceptors (Lipinski definition) is 7. The molecule has 0 atom stereocenters. The lowest BCUT2D eigenvalue weighted by molar-refractivity contribution is 0.338. The molecule has 9 nitrogen and oxygen atoms in total. The minimum absolute atomic E-state index is 0.0167. The molecule has 0 aliphatic rings. The summed E-state index contributed by atoms with van der Waals surface area (Å²) in [6.07, 6.45) is 0. The molecular formula is C18H24N4O5S. The summed E-state index contributed by atoms with van der Waals surface area (Å²) in [6.45, 7) is 7.19. The van der Waals surface area contributed by atoms with E-state index in [-0.39, 0.29) is 22.4 Å². The fourth-order valence-electron chi connectivity index (χ4n) is 2.09. The van der Waals surface area contributed by atoms with E-state index >= 15 is 0 Å². The second-order valence-electron chi connectivity index (χ2n) is 5.27. The van der Waals surface area contributed by atoms with Gasteiger partial charge in [0.2, 0.25) is 5.96 Å². The topological polar surface area (TPSA) is 139 Å². The van der Waals surface area contributed by atoms with E-state index in [2.05, 4.69) is 16.9 Å². The monoisotopic (exact) mass is 408 g/mol. The summed E-state index contributed by atoms with van der Waals surface area (Å²) in [5.74, 6) is 0.937. The molecule has 2 rings (SSSR count). The van der Waals surface area contributed by atoms with Crippen LogP contribution in [0.3, 0.4) is 0 Å².